The number of nitrogens with zero attached hydrogens (tertiary/aromatic N) is 2. The van der Waals surface area contributed by atoms with Crippen LogP contribution in [0.15, 0.2) is 47.1 Å². The SMILES string of the molecule is COc1cccc(N2CCN(C(=O)[C@H]3C[C@H]3c3ccco3)CC2)c1. The molecule has 4 rings (SSSR count). The van der Waals surface area contributed by atoms with Crippen molar-refractivity contribution >= 4 is 11.6 Å². The van der Waals surface area contributed by atoms with Gasteiger partial charge in [0.1, 0.15) is 11.5 Å². The minimum absolute atomic E-state index is 0.111. The Hall–Kier alpha value is -2.43. The molecule has 0 N–H and O–H groups in total. The lowest BCUT2D eigenvalue weighted by Gasteiger charge is -2.36. The quantitative estimate of drug-likeness (QED) is 0.867. The molecule has 0 bridgehead atoms. The maximum absolute atomic E-state index is 12.7. The van der Waals surface area contributed by atoms with Crippen molar-refractivity contribution in [1.82, 2.24) is 4.90 Å². The number of rotatable bonds is 4. The van der Waals surface area contributed by atoms with Crippen molar-refractivity contribution in [2.75, 3.05) is 38.2 Å². The van der Waals surface area contributed by atoms with Crippen LogP contribution in [0.2, 0.25) is 0 Å². The molecule has 2 aliphatic rings. The van der Waals surface area contributed by atoms with Gasteiger partial charge in [0.2, 0.25) is 5.91 Å². The summed E-state index contributed by atoms with van der Waals surface area (Å²) in [6.45, 7) is 3.27. The zero-order valence-corrected chi connectivity index (χ0v) is 13.9. The number of anilines is 1. The van der Waals surface area contributed by atoms with E-state index in [0.717, 1.165) is 49.8 Å². The molecule has 1 aliphatic heterocycles. The Morgan fingerprint density at radius 1 is 1.17 bits per heavy atom. The van der Waals surface area contributed by atoms with Gasteiger partial charge in [0.05, 0.1) is 13.4 Å². The fourth-order valence-electron chi connectivity index (χ4n) is 3.51. The fraction of sp³-hybridized carbons (Fsp3) is 0.421. The van der Waals surface area contributed by atoms with Gasteiger partial charge in [0.15, 0.2) is 0 Å². The molecule has 0 radical (unpaired) electrons. The third-order valence-electron chi connectivity index (χ3n) is 5.03. The first-order chi connectivity index (χ1) is 11.8. The van der Waals surface area contributed by atoms with E-state index in [-0.39, 0.29) is 17.7 Å². The maximum Gasteiger partial charge on any atom is 0.226 e. The number of ether oxygens (including phenoxy) is 1. The van der Waals surface area contributed by atoms with Crippen molar-refractivity contribution in [2.24, 2.45) is 5.92 Å². The van der Waals surface area contributed by atoms with Gasteiger partial charge in [-0.05, 0) is 30.7 Å². The highest BCUT2D eigenvalue weighted by molar-refractivity contribution is 5.83. The van der Waals surface area contributed by atoms with Gasteiger partial charge in [-0.15, -0.1) is 0 Å². The summed E-state index contributed by atoms with van der Waals surface area (Å²) in [5.41, 5.74) is 1.15. The third-order valence-corrected chi connectivity index (χ3v) is 5.03. The molecule has 5 nitrogen and oxygen atoms in total. The fourth-order valence-corrected chi connectivity index (χ4v) is 3.51. The van der Waals surface area contributed by atoms with Crippen LogP contribution < -0.4 is 9.64 Å². The highest BCUT2D eigenvalue weighted by Crippen LogP contribution is 2.48. The summed E-state index contributed by atoms with van der Waals surface area (Å²) in [6, 6.07) is 12.0. The van der Waals surface area contributed by atoms with Crippen LogP contribution >= 0.6 is 0 Å². The minimum Gasteiger partial charge on any atom is -0.497 e. The average Bonchev–Trinajstić information content (AvgIpc) is 3.26. The molecule has 1 amide bonds. The van der Waals surface area contributed by atoms with E-state index >= 15 is 0 Å². The van der Waals surface area contributed by atoms with E-state index in [0.29, 0.717) is 0 Å². The first kappa shape index (κ1) is 15.1. The number of furan rings is 1. The summed E-state index contributed by atoms with van der Waals surface area (Å²) in [5.74, 6) is 2.48. The van der Waals surface area contributed by atoms with Crippen LogP contribution in [-0.2, 0) is 4.79 Å². The molecular weight excluding hydrogens is 304 g/mol. The molecule has 1 aromatic carbocycles. The molecule has 0 unspecified atom stereocenters. The zero-order chi connectivity index (χ0) is 16.5. The van der Waals surface area contributed by atoms with E-state index in [1.807, 2.05) is 35.2 Å². The number of methoxy groups -OCH3 is 1. The van der Waals surface area contributed by atoms with Gasteiger partial charge in [-0.3, -0.25) is 4.79 Å². The molecular formula is C19H22N2O3. The number of amides is 1. The Labute approximate surface area is 141 Å². The first-order valence-corrected chi connectivity index (χ1v) is 8.47. The summed E-state index contributed by atoms with van der Waals surface area (Å²) in [5, 5.41) is 0. The molecule has 1 saturated heterocycles. The third kappa shape index (κ3) is 2.86. The number of carbonyl (C=O) groups excluding carboxylic acids is 1. The van der Waals surface area contributed by atoms with Crippen LogP contribution in [0.4, 0.5) is 5.69 Å². The Kier molecular flexibility index (Phi) is 3.92. The Bertz CT molecular complexity index is 705. The Balaban J connectivity index is 1.34. The van der Waals surface area contributed by atoms with Crippen LogP contribution in [0, 0.1) is 5.92 Å². The zero-order valence-electron chi connectivity index (χ0n) is 13.9. The summed E-state index contributed by atoms with van der Waals surface area (Å²) in [4.78, 5) is 17.0. The van der Waals surface area contributed by atoms with E-state index in [9.17, 15) is 4.79 Å². The van der Waals surface area contributed by atoms with Crippen LogP contribution in [-0.4, -0.2) is 44.1 Å². The largest absolute Gasteiger partial charge is 0.497 e. The second-order valence-electron chi connectivity index (χ2n) is 6.48. The highest BCUT2D eigenvalue weighted by Gasteiger charge is 2.47. The van der Waals surface area contributed by atoms with Gasteiger partial charge in [0.25, 0.3) is 0 Å². The van der Waals surface area contributed by atoms with Crippen molar-refractivity contribution in [3.05, 3.63) is 48.4 Å². The minimum atomic E-state index is 0.111. The molecule has 1 saturated carbocycles. The van der Waals surface area contributed by atoms with Crippen molar-refractivity contribution in [3.8, 4) is 5.75 Å². The van der Waals surface area contributed by atoms with Crippen LogP contribution in [0.25, 0.3) is 0 Å². The standard InChI is InChI=1S/C19H22N2O3/c1-23-15-5-2-4-14(12-15)20-7-9-21(10-8-20)19(22)17-13-16(17)18-6-3-11-24-18/h2-6,11-12,16-17H,7-10,13H2,1H3/t16-,17+/m1/s1. The molecule has 24 heavy (non-hydrogen) atoms. The van der Waals surface area contributed by atoms with Gasteiger partial charge in [0, 0.05) is 49.8 Å². The van der Waals surface area contributed by atoms with Crippen LogP contribution in [0.3, 0.4) is 0 Å². The highest BCUT2D eigenvalue weighted by atomic mass is 16.5. The first-order valence-electron chi connectivity index (χ1n) is 8.47. The average molecular weight is 326 g/mol. The lowest BCUT2D eigenvalue weighted by atomic mass is 10.2. The molecule has 126 valence electrons. The molecule has 2 aromatic rings. The number of hydrogen-bond donors (Lipinski definition) is 0. The number of carbonyl (C=O) groups is 1. The molecule has 5 heteroatoms. The number of hydrogen-bond acceptors (Lipinski definition) is 4. The van der Waals surface area contributed by atoms with Crippen molar-refractivity contribution in [1.29, 1.82) is 0 Å². The Morgan fingerprint density at radius 3 is 2.71 bits per heavy atom. The van der Waals surface area contributed by atoms with Gasteiger partial charge in [-0.2, -0.15) is 0 Å². The van der Waals surface area contributed by atoms with Gasteiger partial charge in [-0.25, -0.2) is 0 Å². The van der Waals surface area contributed by atoms with Crippen molar-refractivity contribution < 1.29 is 13.9 Å². The predicted octanol–water partition coefficient (Wildman–Crippen LogP) is 2.74. The summed E-state index contributed by atoms with van der Waals surface area (Å²) in [6.07, 6.45) is 2.60. The van der Waals surface area contributed by atoms with E-state index in [1.54, 1.807) is 13.4 Å². The van der Waals surface area contributed by atoms with E-state index < -0.39 is 0 Å². The topological polar surface area (TPSA) is 45.9 Å². The second-order valence-corrected chi connectivity index (χ2v) is 6.48. The Morgan fingerprint density at radius 2 is 2.00 bits per heavy atom. The van der Waals surface area contributed by atoms with Crippen molar-refractivity contribution in [3.63, 3.8) is 0 Å². The van der Waals surface area contributed by atoms with Gasteiger partial charge in [-0.1, -0.05) is 6.07 Å². The lowest BCUT2D eigenvalue weighted by Crippen LogP contribution is -2.49. The van der Waals surface area contributed by atoms with Crippen molar-refractivity contribution in [2.45, 2.75) is 12.3 Å². The smallest absolute Gasteiger partial charge is 0.226 e. The summed E-state index contributed by atoms with van der Waals surface area (Å²) in [7, 11) is 1.68. The molecule has 1 aromatic heterocycles. The maximum atomic E-state index is 12.7. The van der Waals surface area contributed by atoms with E-state index in [2.05, 4.69) is 11.0 Å². The lowest BCUT2D eigenvalue weighted by molar-refractivity contribution is -0.133. The molecule has 2 atom stereocenters. The van der Waals surface area contributed by atoms with Crippen LogP contribution in [0.1, 0.15) is 18.1 Å². The molecule has 2 fully saturated rings. The summed E-state index contributed by atoms with van der Waals surface area (Å²) >= 11 is 0. The van der Waals surface area contributed by atoms with Crippen LogP contribution in [0.5, 0.6) is 5.75 Å². The van der Waals surface area contributed by atoms with Gasteiger partial charge < -0.3 is 19.0 Å². The molecule has 0 spiro atoms. The molecule has 2 heterocycles. The molecule has 1 aliphatic carbocycles. The monoisotopic (exact) mass is 326 g/mol. The van der Waals surface area contributed by atoms with E-state index in [1.165, 1.54) is 0 Å². The van der Waals surface area contributed by atoms with Gasteiger partial charge >= 0.3 is 0 Å². The number of benzene rings is 1. The normalized spacial score (nSPS) is 23.2. The predicted molar refractivity (Wildman–Crippen MR) is 91.3 cm³/mol. The van der Waals surface area contributed by atoms with E-state index in [4.69, 9.17) is 9.15 Å². The second kappa shape index (κ2) is 6.23. The number of piperazine rings is 1. The summed E-state index contributed by atoms with van der Waals surface area (Å²) < 4.78 is 10.7.